The van der Waals surface area contributed by atoms with Gasteiger partial charge in [-0.25, -0.2) is 22.5 Å². The van der Waals surface area contributed by atoms with Gasteiger partial charge >= 0.3 is 6.01 Å². The van der Waals surface area contributed by atoms with Crippen LogP contribution in [-0.2, 0) is 0 Å². The Hall–Kier alpha value is -3.77. The van der Waals surface area contributed by atoms with Crippen LogP contribution in [0.15, 0.2) is 24.3 Å². The number of hydrogen-bond donors (Lipinski definition) is 2. The number of nitrogens with zero attached hydrogens (tertiary/aromatic N) is 5. The molecular weight excluding hydrogens is 600 g/mol. The van der Waals surface area contributed by atoms with Crippen molar-refractivity contribution in [2.24, 2.45) is 0 Å². The Kier molecular flexibility index (Phi) is 7.02. The molecule has 2 aromatic heterocycles. The number of alkyl halides is 1. The van der Waals surface area contributed by atoms with Crippen LogP contribution >= 0.6 is 0 Å². The van der Waals surface area contributed by atoms with Crippen molar-refractivity contribution in [2.75, 3.05) is 37.7 Å². The van der Waals surface area contributed by atoms with Crippen LogP contribution in [0.1, 0.15) is 57.6 Å². The van der Waals surface area contributed by atoms with Crippen LogP contribution in [0.5, 0.6) is 11.8 Å². The fourth-order valence-electron chi connectivity index (χ4n) is 8.52. The average molecular weight is 637 g/mol. The van der Waals surface area contributed by atoms with Gasteiger partial charge in [0.25, 0.3) is 0 Å². The van der Waals surface area contributed by atoms with E-state index in [1.54, 1.807) is 0 Å². The molecule has 242 valence electrons. The van der Waals surface area contributed by atoms with Gasteiger partial charge in [0.2, 0.25) is 0 Å². The van der Waals surface area contributed by atoms with Gasteiger partial charge in [0.15, 0.2) is 17.5 Å². The number of nitrogens with one attached hydrogen (secondary N) is 1. The number of rotatable bonds is 5. The summed E-state index contributed by atoms with van der Waals surface area (Å²) < 4.78 is 67.6. The van der Waals surface area contributed by atoms with E-state index in [4.69, 9.17) is 14.7 Å². The largest absolute Gasteiger partial charge is 0.508 e. The summed E-state index contributed by atoms with van der Waals surface area (Å²) in [4.78, 5) is 18.7. The molecule has 4 aliphatic heterocycles. The number of benzene rings is 2. The first-order valence-electron chi connectivity index (χ1n) is 16.2. The van der Waals surface area contributed by atoms with Crippen LogP contribution in [-0.4, -0.2) is 81.5 Å². The van der Waals surface area contributed by atoms with Crippen molar-refractivity contribution < 1.29 is 27.4 Å². The van der Waals surface area contributed by atoms with Crippen molar-refractivity contribution in [3.8, 4) is 23.0 Å². The molecule has 3 fully saturated rings. The van der Waals surface area contributed by atoms with Crippen molar-refractivity contribution in [1.82, 2.24) is 25.2 Å². The molecule has 2 aromatic carbocycles. The molecule has 12 heteroatoms. The second-order valence-electron chi connectivity index (χ2n) is 13.4. The first-order chi connectivity index (χ1) is 22.2. The summed E-state index contributed by atoms with van der Waals surface area (Å²) in [6.07, 6.45) is 2.73. The molecule has 4 aromatic rings. The van der Waals surface area contributed by atoms with Gasteiger partial charge in [0, 0.05) is 55.0 Å². The molecule has 4 aliphatic rings. The molecule has 0 saturated carbocycles. The maximum absolute atomic E-state index is 17.0. The van der Waals surface area contributed by atoms with E-state index in [-0.39, 0.29) is 63.9 Å². The quantitative estimate of drug-likeness (QED) is 0.259. The molecule has 6 heterocycles. The fourth-order valence-corrected chi connectivity index (χ4v) is 8.52. The van der Waals surface area contributed by atoms with E-state index in [1.807, 2.05) is 6.92 Å². The van der Waals surface area contributed by atoms with Gasteiger partial charge < -0.3 is 20.1 Å². The first kappa shape index (κ1) is 29.6. The van der Waals surface area contributed by atoms with Crippen molar-refractivity contribution in [1.29, 1.82) is 0 Å². The SMILES string of the molecule is CC[C@@H]1NCCN2c3nc(OC[C@@]45CCCN4C[C@H](F)C5)nc4c(F)c(-c5cc(O)cc6ccc(F)c(F)c56)nc(c34)[C@@H](C)C[C@H]12. The molecule has 8 nitrogen and oxygen atoms in total. The highest BCUT2D eigenvalue weighted by Crippen LogP contribution is 2.46. The number of fused-ring (bicyclic) bond motifs is 4. The minimum Gasteiger partial charge on any atom is -0.508 e. The van der Waals surface area contributed by atoms with Gasteiger partial charge in [-0.1, -0.05) is 19.9 Å². The third-order valence-corrected chi connectivity index (χ3v) is 10.6. The van der Waals surface area contributed by atoms with Gasteiger partial charge in [0.05, 0.1) is 16.6 Å². The molecule has 8 rings (SSSR count). The monoisotopic (exact) mass is 636 g/mol. The third kappa shape index (κ3) is 4.51. The lowest BCUT2D eigenvalue weighted by atomic mass is 9.90. The zero-order valence-corrected chi connectivity index (χ0v) is 25.8. The Bertz CT molecular complexity index is 1880. The molecule has 3 saturated heterocycles. The van der Waals surface area contributed by atoms with E-state index in [0.29, 0.717) is 49.4 Å². The number of pyridine rings is 1. The van der Waals surface area contributed by atoms with E-state index in [1.165, 1.54) is 18.2 Å². The Morgan fingerprint density at radius 2 is 1.93 bits per heavy atom. The summed E-state index contributed by atoms with van der Waals surface area (Å²) in [6, 6.07) is 4.98. The van der Waals surface area contributed by atoms with Crippen LogP contribution in [0, 0.1) is 17.5 Å². The number of ether oxygens (including phenoxy) is 1. The molecule has 0 aliphatic carbocycles. The summed E-state index contributed by atoms with van der Waals surface area (Å²) in [7, 11) is 0. The van der Waals surface area contributed by atoms with Gasteiger partial charge in [-0.15, -0.1) is 0 Å². The first-order valence-corrected chi connectivity index (χ1v) is 16.2. The predicted octanol–water partition coefficient (Wildman–Crippen LogP) is 5.99. The minimum absolute atomic E-state index is 0.0223. The second-order valence-corrected chi connectivity index (χ2v) is 13.4. The van der Waals surface area contributed by atoms with E-state index >= 15 is 8.78 Å². The topological polar surface area (TPSA) is 86.6 Å². The van der Waals surface area contributed by atoms with E-state index in [2.05, 4.69) is 27.0 Å². The number of aromatic nitrogens is 3. The third-order valence-electron chi connectivity index (χ3n) is 10.6. The number of piperazine rings is 1. The van der Waals surface area contributed by atoms with Crippen LogP contribution in [0.4, 0.5) is 23.4 Å². The molecular formula is C34H36F4N6O2. The molecule has 0 spiro atoms. The minimum atomic E-state index is -1.16. The summed E-state index contributed by atoms with van der Waals surface area (Å²) in [5, 5.41) is 14.7. The molecule has 0 unspecified atom stereocenters. The molecule has 2 N–H and O–H groups in total. The van der Waals surface area contributed by atoms with E-state index in [0.717, 1.165) is 31.9 Å². The Balaban J connectivity index is 1.35. The Morgan fingerprint density at radius 3 is 2.76 bits per heavy atom. The lowest BCUT2D eigenvalue weighted by Crippen LogP contribution is -2.58. The molecule has 46 heavy (non-hydrogen) atoms. The Morgan fingerprint density at radius 1 is 1.09 bits per heavy atom. The molecule has 0 amide bonds. The maximum atomic E-state index is 17.0. The number of aromatic hydroxyl groups is 1. The van der Waals surface area contributed by atoms with Crippen LogP contribution < -0.4 is 15.0 Å². The average Bonchev–Trinajstić information content (AvgIpc) is 3.53. The summed E-state index contributed by atoms with van der Waals surface area (Å²) in [5.74, 6) is -2.98. The van der Waals surface area contributed by atoms with Crippen molar-refractivity contribution in [3.63, 3.8) is 0 Å². The predicted molar refractivity (Wildman–Crippen MR) is 167 cm³/mol. The van der Waals surface area contributed by atoms with Crippen molar-refractivity contribution >= 4 is 27.5 Å². The molecule has 5 atom stereocenters. The number of phenols is 1. The maximum Gasteiger partial charge on any atom is 0.319 e. The molecule has 0 bridgehead atoms. The normalized spacial score (nSPS) is 27.7. The highest BCUT2D eigenvalue weighted by molar-refractivity contribution is 6.01. The standard InChI is InChI=1S/C34H36F4N6O2/c1-3-23-24-11-17(2)29-26-31(28(38)30(40-29)21-13-20(45)12-18-5-6-22(36)27(37)25(18)21)41-33(42-32(26)44(24)10-8-39-23)46-16-34-7-4-9-43(34)15-19(35)14-34/h5-6,12-13,17,19,23-24,39,45H,3-4,7-11,14-16H2,1-2H3/t17-,19+,23-,24+,34-/m0/s1. The summed E-state index contributed by atoms with van der Waals surface area (Å²) in [5.41, 5.74) is -0.268. The highest BCUT2D eigenvalue weighted by Gasteiger charge is 2.49. The Labute approximate surface area is 263 Å². The fraction of sp³-hybridized carbons (Fsp3) is 0.500. The van der Waals surface area contributed by atoms with Gasteiger partial charge in [-0.2, -0.15) is 9.97 Å². The second kappa shape index (κ2) is 10.9. The van der Waals surface area contributed by atoms with Crippen LogP contribution in [0.25, 0.3) is 32.9 Å². The lowest BCUT2D eigenvalue weighted by molar-refractivity contribution is 0.107. The van der Waals surface area contributed by atoms with Gasteiger partial charge in [-0.05, 0) is 55.8 Å². The van der Waals surface area contributed by atoms with Gasteiger partial charge in [0.1, 0.15) is 35.6 Å². The molecule has 0 radical (unpaired) electrons. The smallest absolute Gasteiger partial charge is 0.319 e. The lowest BCUT2D eigenvalue weighted by Gasteiger charge is -2.42. The number of halogens is 4. The number of anilines is 1. The summed E-state index contributed by atoms with van der Waals surface area (Å²) >= 11 is 0. The van der Waals surface area contributed by atoms with E-state index < -0.39 is 29.2 Å². The number of hydrogen-bond acceptors (Lipinski definition) is 8. The van der Waals surface area contributed by atoms with Gasteiger partial charge in [-0.3, -0.25) is 4.90 Å². The summed E-state index contributed by atoms with van der Waals surface area (Å²) in [6.45, 7) is 6.82. The van der Waals surface area contributed by atoms with Crippen LogP contribution in [0.3, 0.4) is 0 Å². The van der Waals surface area contributed by atoms with Crippen molar-refractivity contribution in [2.45, 2.75) is 75.7 Å². The van der Waals surface area contributed by atoms with Crippen LogP contribution in [0.2, 0.25) is 0 Å². The highest BCUT2D eigenvalue weighted by atomic mass is 19.2. The zero-order chi connectivity index (χ0) is 31.9. The number of phenolic OH excluding ortho intramolecular Hbond substituents is 1. The van der Waals surface area contributed by atoms with E-state index in [9.17, 15) is 13.9 Å². The zero-order valence-electron chi connectivity index (χ0n) is 25.8. The van der Waals surface area contributed by atoms with Crippen molar-refractivity contribution in [3.05, 3.63) is 47.4 Å².